The maximum Gasteiger partial charge on any atom is 0.410 e. The maximum atomic E-state index is 12.1. The molecule has 2 N–H and O–H groups in total. The van der Waals surface area contributed by atoms with Crippen molar-refractivity contribution in [3.05, 3.63) is 17.8 Å². The highest BCUT2D eigenvalue weighted by molar-refractivity contribution is 5.93. The average molecular weight is 335 g/mol. The van der Waals surface area contributed by atoms with Crippen molar-refractivity contribution in [2.24, 2.45) is 5.73 Å². The molecular weight excluding hydrogens is 310 g/mol. The monoisotopic (exact) mass is 335 g/mol. The van der Waals surface area contributed by atoms with Crippen LogP contribution in [0.4, 0.5) is 10.6 Å². The van der Waals surface area contributed by atoms with Gasteiger partial charge in [-0.1, -0.05) is 0 Å². The van der Waals surface area contributed by atoms with Gasteiger partial charge in [0.05, 0.1) is 11.8 Å². The summed E-state index contributed by atoms with van der Waals surface area (Å²) in [5.74, 6) is 0.0707. The molecule has 0 atom stereocenters. The van der Waals surface area contributed by atoms with Gasteiger partial charge in [0.15, 0.2) is 5.82 Å². The third-order valence-electron chi connectivity index (χ3n) is 3.95. The number of aromatic nitrogens is 2. The Morgan fingerprint density at radius 3 is 2.50 bits per heavy atom. The highest BCUT2D eigenvalue weighted by Gasteiger charge is 2.29. The minimum absolute atomic E-state index is 0.209. The summed E-state index contributed by atoms with van der Waals surface area (Å²) in [6.07, 6.45) is 2.65. The van der Waals surface area contributed by atoms with Crippen molar-refractivity contribution in [3.63, 3.8) is 0 Å². The number of rotatable bonds is 3. The second-order valence-electron chi connectivity index (χ2n) is 6.98. The summed E-state index contributed by atoms with van der Waals surface area (Å²) in [6, 6.07) is 1.84. The molecule has 2 heterocycles. The third-order valence-corrected chi connectivity index (χ3v) is 3.95. The number of ether oxygens (including phenoxy) is 1. The number of amides is 2. The number of carbonyl (C=O) groups excluding carboxylic acids is 2. The molecular formula is C16H25N5O3. The summed E-state index contributed by atoms with van der Waals surface area (Å²) < 4.78 is 5.40. The van der Waals surface area contributed by atoms with Crippen molar-refractivity contribution in [3.8, 4) is 0 Å². The van der Waals surface area contributed by atoms with Crippen molar-refractivity contribution in [1.29, 1.82) is 0 Å². The van der Waals surface area contributed by atoms with Crippen molar-refractivity contribution in [2.45, 2.75) is 45.3 Å². The first-order valence-electron chi connectivity index (χ1n) is 8.00. The molecule has 132 valence electrons. The van der Waals surface area contributed by atoms with Crippen molar-refractivity contribution < 1.29 is 14.3 Å². The van der Waals surface area contributed by atoms with Gasteiger partial charge in [0.25, 0.3) is 0 Å². The lowest BCUT2D eigenvalue weighted by molar-refractivity contribution is 0.0205. The van der Waals surface area contributed by atoms with Gasteiger partial charge in [-0.25, -0.2) is 4.79 Å². The van der Waals surface area contributed by atoms with Crippen molar-refractivity contribution in [2.75, 3.05) is 25.0 Å². The number of nitrogens with zero attached hydrogens (tertiary/aromatic N) is 4. The molecule has 0 aromatic carbocycles. The molecule has 1 saturated heterocycles. The Balaban J connectivity index is 1.95. The molecule has 2 rings (SSSR count). The molecule has 1 aromatic rings. The molecule has 0 bridgehead atoms. The molecule has 0 saturated carbocycles. The summed E-state index contributed by atoms with van der Waals surface area (Å²) >= 11 is 0. The van der Waals surface area contributed by atoms with E-state index in [2.05, 4.69) is 10.2 Å². The fourth-order valence-corrected chi connectivity index (χ4v) is 2.61. The zero-order chi connectivity index (χ0) is 17.9. The van der Waals surface area contributed by atoms with Gasteiger partial charge in [0.2, 0.25) is 5.91 Å². The van der Waals surface area contributed by atoms with Gasteiger partial charge >= 0.3 is 6.09 Å². The van der Waals surface area contributed by atoms with Crippen LogP contribution >= 0.6 is 0 Å². The van der Waals surface area contributed by atoms with Gasteiger partial charge in [-0.3, -0.25) is 4.79 Å². The van der Waals surface area contributed by atoms with Gasteiger partial charge in [0.1, 0.15) is 5.60 Å². The summed E-state index contributed by atoms with van der Waals surface area (Å²) in [5, 5.41) is 7.89. The Bertz CT molecular complexity index is 606. The molecule has 0 spiro atoms. The van der Waals surface area contributed by atoms with Crippen molar-refractivity contribution in [1.82, 2.24) is 15.1 Å². The quantitative estimate of drug-likeness (QED) is 0.896. The van der Waals surface area contributed by atoms with Crippen LogP contribution in [0, 0.1) is 0 Å². The first-order chi connectivity index (χ1) is 11.2. The summed E-state index contributed by atoms with van der Waals surface area (Å²) in [4.78, 5) is 27.1. The molecule has 0 radical (unpaired) electrons. The first kappa shape index (κ1) is 18.0. The van der Waals surface area contributed by atoms with Crippen LogP contribution in [-0.4, -0.2) is 58.9 Å². The number of piperidine rings is 1. The molecule has 0 aliphatic carbocycles. The predicted molar refractivity (Wildman–Crippen MR) is 89.8 cm³/mol. The fourth-order valence-electron chi connectivity index (χ4n) is 2.61. The van der Waals surface area contributed by atoms with E-state index < -0.39 is 11.5 Å². The molecule has 1 aliphatic rings. The molecule has 1 fully saturated rings. The van der Waals surface area contributed by atoms with Crippen molar-refractivity contribution >= 4 is 17.8 Å². The number of likely N-dealkylation sites (tertiary alicyclic amines) is 1. The minimum atomic E-state index is -0.528. The van der Waals surface area contributed by atoms with Gasteiger partial charge in [-0.05, 0) is 39.7 Å². The second kappa shape index (κ2) is 7.02. The molecule has 1 aliphatic heterocycles. The largest absolute Gasteiger partial charge is 0.444 e. The van der Waals surface area contributed by atoms with E-state index in [9.17, 15) is 9.59 Å². The normalized spacial score (nSPS) is 15.9. The Morgan fingerprint density at radius 1 is 1.33 bits per heavy atom. The van der Waals surface area contributed by atoms with Gasteiger partial charge in [-0.2, -0.15) is 5.10 Å². The van der Waals surface area contributed by atoms with Crippen LogP contribution in [0.2, 0.25) is 0 Å². The van der Waals surface area contributed by atoms with E-state index in [0.29, 0.717) is 24.5 Å². The van der Waals surface area contributed by atoms with Crippen LogP contribution in [0.5, 0.6) is 0 Å². The summed E-state index contributed by atoms with van der Waals surface area (Å²) in [5.41, 5.74) is 5.12. The van der Waals surface area contributed by atoms with E-state index in [1.165, 1.54) is 6.20 Å². The zero-order valence-corrected chi connectivity index (χ0v) is 14.7. The molecule has 0 unspecified atom stereocenters. The topological polar surface area (TPSA) is 102 Å². The van der Waals surface area contributed by atoms with E-state index in [-0.39, 0.29) is 12.1 Å². The van der Waals surface area contributed by atoms with E-state index in [1.54, 1.807) is 11.0 Å². The van der Waals surface area contributed by atoms with Crippen LogP contribution in [0.25, 0.3) is 0 Å². The van der Waals surface area contributed by atoms with Gasteiger partial charge < -0.3 is 20.3 Å². The number of nitrogens with two attached hydrogens (primary N) is 1. The van der Waals surface area contributed by atoms with Crippen LogP contribution in [-0.2, 0) is 4.74 Å². The Morgan fingerprint density at radius 2 is 1.96 bits per heavy atom. The van der Waals surface area contributed by atoms with E-state index >= 15 is 0 Å². The Labute approximate surface area is 142 Å². The standard InChI is InChI=1S/C16H25N5O3/c1-16(2,3)24-15(23)21-7-5-12(6-8-21)20(4)13-9-11(14(17)22)10-18-19-13/h9-10,12H,5-8H2,1-4H3,(H2,17,22). The van der Waals surface area contributed by atoms with Crippen LogP contribution in [0.3, 0.4) is 0 Å². The Hall–Kier alpha value is -2.38. The average Bonchev–Trinajstić information content (AvgIpc) is 2.53. The SMILES string of the molecule is CN(c1cc(C(N)=O)cnn1)C1CCN(C(=O)OC(C)(C)C)CC1. The fraction of sp³-hybridized carbons (Fsp3) is 0.625. The van der Waals surface area contributed by atoms with Gasteiger partial charge in [-0.15, -0.1) is 5.10 Å². The van der Waals surface area contributed by atoms with Crippen LogP contribution in [0.1, 0.15) is 44.0 Å². The number of anilines is 1. The number of primary amides is 1. The summed E-state index contributed by atoms with van der Waals surface area (Å²) in [7, 11) is 1.91. The third kappa shape index (κ3) is 4.56. The number of carbonyl (C=O) groups is 2. The second-order valence-corrected chi connectivity index (χ2v) is 6.98. The lowest BCUT2D eigenvalue weighted by Crippen LogP contribution is -2.47. The lowest BCUT2D eigenvalue weighted by Gasteiger charge is -2.37. The molecule has 8 nitrogen and oxygen atoms in total. The minimum Gasteiger partial charge on any atom is -0.444 e. The van der Waals surface area contributed by atoms with Gasteiger partial charge in [0, 0.05) is 26.2 Å². The smallest absolute Gasteiger partial charge is 0.410 e. The van der Waals surface area contributed by atoms with E-state index in [1.807, 2.05) is 32.7 Å². The zero-order valence-electron chi connectivity index (χ0n) is 14.7. The maximum absolute atomic E-state index is 12.1. The summed E-state index contributed by atoms with van der Waals surface area (Å²) in [6.45, 7) is 6.81. The first-order valence-corrected chi connectivity index (χ1v) is 8.00. The predicted octanol–water partition coefficient (Wildman–Crippen LogP) is 1.41. The highest BCUT2D eigenvalue weighted by atomic mass is 16.6. The highest BCUT2D eigenvalue weighted by Crippen LogP contribution is 2.22. The van der Waals surface area contributed by atoms with Crippen LogP contribution in [0.15, 0.2) is 12.3 Å². The molecule has 8 heteroatoms. The number of hydrogen-bond acceptors (Lipinski definition) is 6. The van der Waals surface area contributed by atoms with E-state index in [0.717, 1.165) is 12.8 Å². The molecule has 24 heavy (non-hydrogen) atoms. The lowest BCUT2D eigenvalue weighted by atomic mass is 10.0. The molecule has 1 aromatic heterocycles. The van der Waals surface area contributed by atoms with E-state index in [4.69, 9.17) is 10.5 Å². The molecule has 2 amide bonds. The Kier molecular flexibility index (Phi) is 5.26. The van der Waals surface area contributed by atoms with Crippen LogP contribution < -0.4 is 10.6 Å². The number of hydrogen-bond donors (Lipinski definition) is 1.